The lowest BCUT2D eigenvalue weighted by atomic mass is 10.2. The summed E-state index contributed by atoms with van der Waals surface area (Å²) in [6, 6.07) is 7.28. The van der Waals surface area contributed by atoms with Crippen LogP contribution in [0.2, 0.25) is 5.02 Å². The lowest BCUT2D eigenvalue weighted by molar-refractivity contribution is -0.122. The van der Waals surface area contributed by atoms with E-state index in [1.165, 1.54) is 18.0 Å². The zero-order valence-electron chi connectivity index (χ0n) is 15.8. The summed E-state index contributed by atoms with van der Waals surface area (Å²) in [6.45, 7) is 4.88. The minimum atomic E-state index is -0.0933. The summed E-state index contributed by atoms with van der Waals surface area (Å²) in [5.74, 6) is 1.20. The van der Waals surface area contributed by atoms with E-state index in [0.29, 0.717) is 45.4 Å². The third-order valence-electron chi connectivity index (χ3n) is 3.96. The Bertz CT molecular complexity index is 946. The van der Waals surface area contributed by atoms with Gasteiger partial charge in [0.05, 0.1) is 29.3 Å². The van der Waals surface area contributed by atoms with Gasteiger partial charge in [0.2, 0.25) is 0 Å². The molecule has 1 aromatic heterocycles. The molecule has 1 amide bonds. The van der Waals surface area contributed by atoms with Crippen molar-refractivity contribution in [2.45, 2.75) is 13.8 Å². The first-order valence-corrected chi connectivity index (χ1v) is 9.97. The number of ether oxygens (including phenoxy) is 2. The molecule has 0 radical (unpaired) electrons. The topological polar surface area (TPSA) is 64.0 Å². The molecule has 6 nitrogen and oxygen atoms in total. The number of hydrogen-bond donors (Lipinski definition) is 0. The van der Waals surface area contributed by atoms with Gasteiger partial charge in [-0.1, -0.05) is 17.7 Å². The van der Waals surface area contributed by atoms with Crippen molar-refractivity contribution in [2.24, 2.45) is 4.99 Å². The second-order valence-electron chi connectivity index (χ2n) is 5.72. The maximum atomic E-state index is 12.8. The Labute approximate surface area is 173 Å². The molecule has 0 aliphatic carbocycles. The fourth-order valence-corrected chi connectivity index (χ4v) is 3.85. The Balaban J connectivity index is 1.93. The van der Waals surface area contributed by atoms with Crippen molar-refractivity contribution in [1.82, 2.24) is 9.88 Å². The standard InChI is InChI=1S/C20H20ClN3O3S/c1-4-24-19(25)18(28-20(24)23-15-8-9-22-12-14(15)21)11-13-6-7-16(27-5-2)17(10-13)26-3/h6-12H,4-5H2,1-3H3/b18-11-,23-20?. The second kappa shape index (κ2) is 9.12. The number of aromatic nitrogens is 1. The third-order valence-corrected chi connectivity index (χ3v) is 5.25. The Kier molecular flexibility index (Phi) is 6.59. The SMILES string of the molecule is CCOc1ccc(/C=C2\SC(=Nc3ccncc3Cl)N(CC)C2=O)cc1OC. The van der Waals surface area contributed by atoms with Crippen LogP contribution < -0.4 is 9.47 Å². The van der Waals surface area contributed by atoms with E-state index >= 15 is 0 Å². The van der Waals surface area contributed by atoms with Crippen molar-refractivity contribution in [2.75, 3.05) is 20.3 Å². The molecule has 1 saturated heterocycles. The van der Waals surface area contributed by atoms with Crippen LogP contribution in [0.25, 0.3) is 6.08 Å². The molecule has 2 heterocycles. The quantitative estimate of drug-likeness (QED) is 0.633. The molecule has 3 rings (SSSR count). The maximum Gasteiger partial charge on any atom is 0.266 e. The van der Waals surface area contributed by atoms with Gasteiger partial charge in [-0.2, -0.15) is 0 Å². The van der Waals surface area contributed by atoms with Crippen LogP contribution in [0.4, 0.5) is 5.69 Å². The van der Waals surface area contributed by atoms with Crippen LogP contribution in [0.1, 0.15) is 19.4 Å². The van der Waals surface area contributed by atoms with E-state index in [2.05, 4.69) is 9.98 Å². The van der Waals surface area contributed by atoms with Crippen LogP contribution in [-0.2, 0) is 4.79 Å². The number of benzene rings is 1. The molecule has 1 aromatic carbocycles. The predicted octanol–water partition coefficient (Wildman–Crippen LogP) is 4.77. The molecule has 0 saturated carbocycles. The molecule has 2 aromatic rings. The lowest BCUT2D eigenvalue weighted by Gasteiger charge is -2.12. The fourth-order valence-electron chi connectivity index (χ4n) is 2.63. The molecule has 0 spiro atoms. The number of hydrogen-bond acceptors (Lipinski definition) is 6. The molecule has 0 atom stereocenters. The average molecular weight is 418 g/mol. The summed E-state index contributed by atoms with van der Waals surface area (Å²) in [4.78, 5) is 23.5. The first-order chi connectivity index (χ1) is 13.6. The largest absolute Gasteiger partial charge is 0.493 e. The van der Waals surface area contributed by atoms with Gasteiger partial charge in [-0.25, -0.2) is 4.99 Å². The molecule has 0 bridgehead atoms. The van der Waals surface area contributed by atoms with Gasteiger partial charge in [0, 0.05) is 18.9 Å². The molecule has 8 heteroatoms. The molecule has 1 aliphatic heterocycles. The van der Waals surface area contributed by atoms with E-state index in [0.717, 1.165) is 5.56 Å². The van der Waals surface area contributed by atoms with E-state index in [-0.39, 0.29) is 5.91 Å². The first kappa shape index (κ1) is 20.2. The normalized spacial score (nSPS) is 16.9. The zero-order valence-corrected chi connectivity index (χ0v) is 17.4. The number of methoxy groups -OCH3 is 1. The minimum Gasteiger partial charge on any atom is -0.493 e. The van der Waals surface area contributed by atoms with Gasteiger partial charge in [-0.05, 0) is 55.4 Å². The van der Waals surface area contributed by atoms with Crippen molar-refractivity contribution in [1.29, 1.82) is 0 Å². The number of nitrogens with zero attached hydrogens (tertiary/aromatic N) is 3. The fraction of sp³-hybridized carbons (Fsp3) is 0.250. The van der Waals surface area contributed by atoms with E-state index in [1.54, 1.807) is 24.3 Å². The number of amidine groups is 1. The van der Waals surface area contributed by atoms with Crippen LogP contribution in [0, 0.1) is 0 Å². The van der Waals surface area contributed by atoms with Gasteiger partial charge < -0.3 is 9.47 Å². The van der Waals surface area contributed by atoms with Crippen LogP contribution in [-0.4, -0.2) is 41.2 Å². The van der Waals surface area contributed by atoms with E-state index < -0.39 is 0 Å². The summed E-state index contributed by atoms with van der Waals surface area (Å²) < 4.78 is 10.9. The Morgan fingerprint density at radius 2 is 2.11 bits per heavy atom. The number of halogens is 1. The van der Waals surface area contributed by atoms with Crippen LogP contribution in [0.5, 0.6) is 11.5 Å². The summed E-state index contributed by atoms with van der Waals surface area (Å²) in [5.41, 5.74) is 1.42. The van der Waals surface area contributed by atoms with Gasteiger partial charge >= 0.3 is 0 Å². The molecule has 1 fully saturated rings. The monoisotopic (exact) mass is 417 g/mol. The number of thioether (sulfide) groups is 1. The van der Waals surface area contributed by atoms with Crippen LogP contribution in [0.15, 0.2) is 46.6 Å². The zero-order chi connectivity index (χ0) is 20.1. The maximum absolute atomic E-state index is 12.8. The van der Waals surface area contributed by atoms with Crippen molar-refractivity contribution >= 4 is 46.2 Å². The Morgan fingerprint density at radius 1 is 1.29 bits per heavy atom. The number of carbonyl (C=O) groups excluding carboxylic acids is 1. The number of pyridine rings is 1. The summed E-state index contributed by atoms with van der Waals surface area (Å²) in [5, 5.41) is 1.03. The third kappa shape index (κ3) is 4.31. The van der Waals surface area contributed by atoms with E-state index in [1.807, 2.05) is 38.1 Å². The van der Waals surface area contributed by atoms with Crippen molar-refractivity contribution in [3.63, 3.8) is 0 Å². The molecular weight excluding hydrogens is 398 g/mol. The Morgan fingerprint density at radius 3 is 2.79 bits per heavy atom. The lowest BCUT2D eigenvalue weighted by Crippen LogP contribution is -2.28. The molecule has 0 N–H and O–H groups in total. The van der Waals surface area contributed by atoms with Gasteiger partial charge in [-0.3, -0.25) is 14.7 Å². The van der Waals surface area contributed by atoms with Gasteiger partial charge in [0.25, 0.3) is 5.91 Å². The molecule has 0 unspecified atom stereocenters. The highest BCUT2D eigenvalue weighted by molar-refractivity contribution is 8.18. The van der Waals surface area contributed by atoms with Gasteiger partial charge in [0.1, 0.15) is 0 Å². The summed E-state index contributed by atoms with van der Waals surface area (Å²) >= 11 is 7.46. The minimum absolute atomic E-state index is 0.0933. The van der Waals surface area contributed by atoms with Crippen molar-refractivity contribution in [3.05, 3.63) is 52.2 Å². The molecule has 1 aliphatic rings. The number of amides is 1. The van der Waals surface area contributed by atoms with Crippen molar-refractivity contribution < 1.29 is 14.3 Å². The van der Waals surface area contributed by atoms with E-state index in [9.17, 15) is 4.79 Å². The number of rotatable bonds is 6. The number of carbonyl (C=O) groups is 1. The van der Waals surface area contributed by atoms with Crippen LogP contribution in [0.3, 0.4) is 0 Å². The molecular formula is C20H20ClN3O3S. The highest BCUT2D eigenvalue weighted by atomic mass is 35.5. The smallest absolute Gasteiger partial charge is 0.266 e. The second-order valence-corrected chi connectivity index (χ2v) is 7.14. The van der Waals surface area contributed by atoms with Crippen LogP contribution >= 0.6 is 23.4 Å². The summed E-state index contributed by atoms with van der Waals surface area (Å²) in [7, 11) is 1.59. The molecule has 28 heavy (non-hydrogen) atoms. The molecule has 146 valence electrons. The highest BCUT2D eigenvalue weighted by Gasteiger charge is 2.32. The van der Waals surface area contributed by atoms with Gasteiger partial charge in [-0.15, -0.1) is 0 Å². The number of likely N-dealkylation sites (N-methyl/N-ethyl adjacent to an activating group) is 1. The predicted molar refractivity (Wildman–Crippen MR) is 113 cm³/mol. The highest BCUT2D eigenvalue weighted by Crippen LogP contribution is 2.36. The van der Waals surface area contributed by atoms with E-state index in [4.69, 9.17) is 21.1 Å². The Hall–Kier alpha value is -2.51. The van der Waals surface area contributed by atoms with Gasteiger partial charge in [0.15, 0.2) is 16.7 Å². The average Bonchev–Trinajstić information content (AvgIpc) is 2.99. The number of aliphatic imine (C=N–C) groups is 1. The van der Waals surface area contributed by atoms with Crippen molar-refractivity contribution in [3.8, 4) is 11.5 Å². The summed E-state index contributed by atoms with van der Waals surface area (Å²) in [6.07, 6.45) is 4.97. The first-order valence-electron chi connectivity index (χ1n) is 8.77.